The van der Waals surface area contributed by atoms with Crippen LogP contribution in [0.15, 0.2) is 42.5 Å². The Kier molecular flexibility index (Phi) is 8.74. The summed E-state index contributed by atoms with van der Waals surface area (Å²) < 4.78 is 13.9. The smallest absolute Gasteiger partial charge is 0.251 e. The minimum Gasteiger partial charge on any atom is -0.393 e. The molecule has 5 saturated carbocycles. The van der Waals surface area contributed by atoms with E-state index in [-0.39, 0.29) is 28.8 Å². The van der Waals surface area contributed by atoms with Crippen molar-refractivity contribution in [2.75, 3.05) is 6.54 Å². The molecular weight excluding hydrogens is 597 g/mol. The molecule has 260 valence electrons. The summed E-state index contributed by atoms with van der Waals surface area (Å²) in [6, 6.07) is 12.9. The zero-order chi connectivity index (χ0) is 34.1. The Morgan fingerprint density at radius 2 is 1.62 bits per heavy atom. The molecule has 48 heavy (non-hydrogen) atoms. The monoisotopic (exact) mass is 655 g/mol. The lowest BCUT2D eigenvalue weighted by molar-refractivity contribution is -0.214. The van der Waals surface area contributed by atoms with E-state index in [1.807, 2.05) is 12.1 Å². The summed E-state index contributed by atoms with van der Waals surface area (Å²) in [7, 11) is 0. The van der Waals surface area contributed by atoms with Crippen molar-refractivity contribution in [3.63, 3.8) is 0 Å². The van der Waals surface area contributed by atoms with E-state index in [0.29, 0.717) is 40.7 Å². The average molecular weight is 656 g/mol. The first-order chi connectivity index (χ1) is 22.8. The van der Waals surface area contributed by atoms with Gasteiger partial charge in [0.1, 0.15) is 5.82 Å². The Bertz CT molecular complexity index is 1570. The fourth-order valence-corrected chi connectivity index (χ4v) is 13.3. The van der Waals surface area contributed by atoms with Crippen LogP contribution in [0.2, 0.25) is 0 Å². The van der Waals surface area contributed by atoms with Gasteiger partial charge in [-0.25, -0.2) is 4.39 Å². The minimum absolute atomic E-state index is 0.00668. The summed E-state index contributed by atoms with van der Waals surface area (Å²) >= 11 is 0. The van der Waals surface area contributed by atoms with Gasteiger partial charge in [-0.3, -0.25) is 9.59 Å². The third-order valence-corrected chi connectivity index (χ3v) is 15.5. The summed E-state index contributed by atoms with van der Waals surface area (Å²) in [4.78, 5) is 25.0. The zero-order valence-corrected chi connectivity index (χ0v) is 30.0. The van der Waals surface area contributed by atoms with Crippen molar-refractivity contribution in [3.8, 4) is 0 Å². The normalized spacial score (nSPS) is 38.2. The van der Waals surface area contributed by atoms with Crippen LogP contribution in [-0.2, 0) is 12.8 Å². The second-order valence-electron chi connectivity index (χ2n) is 18.0. The second kappa shape index (κ2) is 12.4. The number of fused-ring (bicyclic) bond motifs is 7. The standard InChI is InChI=1S/C43H58FNO3/c1-27(46)32-25-28(11-13-35(32)44)18-23-45-39(48)30-9-6-8-29(24-30)26-43-19-7-10-34(43)31-12-14-37-41(4,33(31)15-22-43)20-16-36-40(2,3)38(47)17-21-42(36,37)5/h6,8-9,11,13,24-25,31,33-34,36-38,47H,7,10,12,14-23,26H2,1-5H3,(H,45,48). The van der Waals surface area contributed by atoms with Crippen molar-refractivity contribution < 1.29 is 19.1 Å². The van der Waals surface area contributed by atoms with Gasteiger partial charge in [-0.15, -0.1) is 0 Å². The number of hydrogen-bond acceptors (Lipinski definition) is 3. The molecule has 0 saturated heterocycles. The van der Waals surface area contributed by atoms with E-state index >= 15 is 0 Å². The van der Waals surface area contributed by atoms with Gasteiger partial charge in [-0.2, -0.15) is 0 Å². The lowest BCUT2D eigenvalue weighted by Gasteiger charge is -2.69. The SMILES string of the molecule is CC(=O)c1cc(CCNC(=O)c2cccc(CC34CCCC3C3CCC5C(C)(CCC6C(C)(C)C(O)CCC65C)C3CC4)c2)ccc1F. The van der Waals surface area contributed by atoms with Crippen LogP contribution >= 0.6 is 0 Å². The van der Waals surface area contributed by atoms with Crippen molar-refractivity contribution in [1.29, 1.82) is 0 Å². The number of benzene rings is 2. The van der Waals surface area contributed by atoms with Crippen LogP contribution in [0.3, 0.4) is 0 Å². The predicted molar refractivity (Wildman–Crippen MR) is 189 cm³/mol. The fourth-order valence-electron chi connectivity index (χ4n) is 13.3. The summed E-state index contributed by atoms with van der Waals surface area (Å²) in [5, 5.41) is 14.1. The molecule has 4 nitrogen and oxygen atoms in total. The number of aliphatic hydroxyl groups excluding tert-OH is 1. The number of carbonyl (C=O) groups is 2. The maximum atomic E-state index is 13.9. The van der Waals surface area contributed by atoms with E-state index in [2.05, 4.69) is 45.1 Å². The second-order valence-corrected chi connectivity index (χ2v) is 18.0. The molecule has 0 bridgehead atoms. The van der Waals surface area contributed by atoms with Crippen molar-refractivity contribution in [2.45, 2.75) is 124 Å². The van der Waals surface area contributed by atoms with E-state index < -0.39 is 5.82 Å². The quantitative estimate of drug-likeness (QED) is 0.292. The Morgan fingerprint density at radius 1 is 0.833 bits per heavy atom. The molecule has 2 N–H and O–H groups in total. The van der Waals surface area contributed by atoms with Gasteiger partial charge in [-0.1, -0.05) is 52.3 Å². The number of nitrogens with one attached hydrogen (secondary N) is 1. The highest BCUT2D eigenvalue weighted by molar-refractivity contribution is 5.95. The number of amides is 1. The van der Waals surface area contributed by atoms with Crippen molar-refractivity contribution >= 4 is 11.7 Å². The van der Waals surface area contributed by atoms with Crippen molar-refractivity contribution in [2.24, 2.45) is 51.2 Å². The molecule has 0 heterocycles. The van der Waals surface area contributed by atoms with Gasteiger partial charge >= 0.3 is 0 Å². The van der Waals surface area contributed by atoms with Gasteiger partial charge in [-0.05, 0) is 171 Å². The number of halogens is 1. The fraction of sp³-hybridized carbons (Fsp3) is 0.674. The topological polar surface area (TPSA) is 66.4 Å². The van der Waals surface area contributed by atoms with E-state index in [1.54, 1.807) is 12.1 Å². The molecule has 2 aromatic rings. The largest absolute Gasteiger partial charge is 0.393 e. The number of ketones is 1. The Hall–Kier alpha value is -2.53. The Balaban J connectivity index is 1.03. The van der Waals surface area contributed by atoms with E-state index in [0.717, 1.165) is 42.1 Å². The number of aliphatic hydroxyl groups is 1. The Morgan fingerprint density at radius 3 is 2.42 bits per heavy atom. The molecule has 2 aromatic carbocycles. The van der Waals surface area contributed by atoms with Gasteiger partial charge in [0.15, 0.2) is 5.78 Å². The summed E-state index contributed by atoms with van der Waals surface area (Å²) in [5.41, 5.74) is 4.01. The first-order valence-corrected chi connectivity index (χ1v) is 19.1. The minimum atomic E-state index is -0.502. The van der Waals surface area contributed by atoms with Crippen LogP contribution in [-0.4, -0.2) is 29.4 Å². The molecule has 0 radical (unpaired) electrons. The van der Waals surface area contributed by atoms with Crippen molar-refractivity contribution in [1.82, 2.24) is 5.32 Å². The van der Waals surface area contributed by atoms with Crippen molar-refractivity contribution in [3.05, 3.63) is 70.5 Å². The third-order valence-electron chi connectivity index (χ3n) is 15.5. The molecule has 9 unspecified atom stereocenters. The molecule has 5 aliphatic rings. The molecule has 9 atom stereocenters. The van der Waals surface area contributed by atoms with Gasteiger partial charge < -0.3 is 10.4 Å². The van der Waals surface area contributed by atoms with Gasteiger partial charge in [0.05, 0.1) is 11.7 Å². The third kappa shape index (κ3) is 5.49. The number of hydrogen-bond donors (Lipinski definition) is 2. The average Bonchev–Trinajstić information content (AvgIpc) is 3.47. The summed E-state index contributed by atoms with van der Waals surface area (Å²) in [6.45, 7) is 11.8. The Labute approximate surface area is 288 Å². The van der Waals surface area contributed by atoms with Crippen LogP contribution < -0.4 is 5.32 Å². The van der Waals surface area contributed by atoms with Crippen LogP contribution in [0.1, 0.15) is 137 Å². The molecule has 5 fully saturated rings. The highest BCUT2D eigenvalue weighted by atomic mass is 19.1. The van der Waals surface area contributed by atoms with E-state index in [4.69, 9.17) is 0 Å². The van der Waals surface area contributed by atoms with Crippen LogP contribution in [0.4, 0.5) is 4.39 Å². The summed E-state index contributed by atoms with van der Waals surface area (Å²) in [5.74, 6) is 2.90. The highest BCUT2D eigenvalue weighted by Gasteiger charge is 2.66. The van der Waals surface area contributed by atoms with Gasteiger partial charge in [0.2, 0.25) is 0 Å². The lowest BCUT2D eigenvalue weighted by Crippen LogP contribution is -2.63. The van der Waals surface area contributed by atoms with E-state index in [9.17, 15) is 19.1 Å². The molecule has 0 spiro atoms. The predicted octanol–water partition coefficient (Wildman–Crippen LogP) is 9.37. The first kappa shape index (κ1) is 33.9. The molecule has 0 aromatic heterocycles. The van der Waals surface area contributed by atoms with Crippen LogP contribution in [0.5, 0.6) is 0 Å². The highest BCUT2D eigenvalue weighted by Crippen LogP contribution is 2.73. The summed E-state index contributed by atoms with van der Waals surface area (Å²) in [6.07, 6.45) is 15.5. The van der Waals surface area contributed by atoms with Crippen LogP contribution in [0, 0.1) is 57.1 Å². The maximum Gasteiger partial charge on any atom is 0.251 e. The molecule has 0 aliphatic heterocycles. The first-order valence-electron chi connectivity index (χ1n) is 19.1. The molecule has 7 rings (SSSR count). The molecule has 5 heteroatoms. The number of rotatable bonds is 7. The number of carbonyl (C=O) groups excluding carboxylic acids is 2. The van der Waals surface area contributed by atoms with Gasteiger partial charge in [0, 0.05) is 12.1 Å². The molecule has 5 aliphatic carbocycles. The molecular formula is C43H58FNO3. The molecule has 1 amide bonds. The number of Topliss-reactive ketones (excluding diaryl/α,β-unsaturated/α-hetero) is 1. The zero-order valence-electron chi connectivity index (χ0n) is 30.0. The van der Waals surface area contributed by atoms with E-state index in [1.165, 1.54) is 82.8 Å². The lowest BCUT2D eigenvalue weighted by atomic mass is 9.36. The van der Waals surface area contributed by atoms with Crippen LogP contribution in [0.25, 0.3) is 0 Å². The van der Waals surface area contributed by atoms with Gasteiger partial charge in [0.25, 0.3) is 5.91 Å². The maximum absolute atomic E-state index is 13.9.